The van der Waals surface area contributed by atoms with Gasteiger partial charge < -0.3 is 24.5 Å². The molecule has 3 fully saturated rings. The summed E-state index contributed by atoms with van der Waals surface area (Å²) in [6.45, 7) is 16.1. The van der Waals surface area contributed by atoms with E-state index in [4.69, 9.17) is 16.3 Å². The Kier molecular flexibility index (Phi) is 8.31. The summed E-state index contributed by atoms with van der Waals surface area (Å²) < 4.78 is 6.81. The molecule has 212 valence electrons. The third-order valence-corrected chi connectivity index (χ3v) is 9.15. The van der Waals surface area contributed by atoms with Crippen LogP contribution in [0.4, 0.5) is 5.69 Å². The van der Waals surface area contributed by atoms with E-state index in [1.165, 1.54) is 4.90 Å². The Hall–Kier alpha value is -2.68. The number of hydrogen-bond acceptors (Lipinski definition) is 5. The highest BCUT2D eigenvalue weighted by atomic mass is 35.5. The van der Waals surface area contributed by atoms with Gasteiger partial charge in [-0.15, -0.1) is 13.2 Å². The van der Waals surface area contributed by atoms with E-state index < -0.39 is 29.1 Å². The Balaban J connectivity index is 1.85. The number of benzene rings is 1. The van der Waals surface area contributed by atoms with E-state index in [0.717, 1.165) is 12.0 Å². The van der Waals surface area contributed by atoms with Crippen molar-refractivity contribution in [2.24, 2.45) is 17.8 Å². The Morgan fingerprint density at radius 3 is 2.54 bits per heavy atom. The number of halogens is 1. The van der Waals surface area contributed by atoms with E-state index in [0.29, 0.717) is 30.2 Å². The summed E-state index contributed by atoms with van der Waals surface area (Å²) in [6.07, 6.45) is 4.50. The number of likely N-dealkylation sites (tertiary alicyclic amines) is 1. The molecule has 3 amide bonds. The van der Waals surface area contributed by atoms with Gasteiger partial charge in [0.15, 0.2) is 0 Å². The van der Waals surface area contributed by atoms with Gasteiger partial charge in [0.05, 0.1) is 34.8 Å². The Labute approximate surface area is 236 Å². The van der Waals surface area contributed by atoms with Crippen molar-refractivity contribution in [3.05, 3.63) is 54.1 Å². The molecule has 3 saturated heterocycles. The van der Waals surface area contributed by atoms with Gasteiger partial charge in [0.25, 0.3) is 5.91 Å². The standard InChI is InChI=1S/C30H40ClN3O5/c1-7-13-32(14-8-2)26(36)22-23-27(37)34(16-17-35)25(30(23)18-20(5)29(22,6)39-30)28(38)33(15-9-3)24-19(4)11-10-12-21(24)31/h7,9-12,20,22-23,25,35H,1,3,8,13-18H2,2,4-6H3/t20?,22-,23-,25?,29+,30?/m0/s1. The molecule has 1 aromatic carbocycles. The fraction of sp³-hybridized carbons (Fsp3) is 0.567. The Morgan fingerprint density at radius 1 is 1.26 bits per heavy atom. The smallest absolute Gasteiger partial charge is 0.253 e. The van der Waals surface area contributed by atoms with Crippen molar-refractivity contribution in [2.75, 3.05) is 37.7 Å². The number of fused-ring (bicyclic) bond motifs is 1. The molecule has 8 nitrogen and oxygen atoms in total. The minimum atomic E-state index is -1.21. The zero-order chi connectivity index (χ0) is 28.7. The molecule has 0 radical (unpaired) electrons. The number of aliphatic hydroxyl groups excluding tert-OH is 1. The molecule has 3 aliphatic heterocycles. The van der Waals surface area contributed by atoms with Crippen LogP contribution >= 0.6 is 11.6 Å². The molecule has 2 bridgehead atoms. The predicted molar refractivity (Wildman–Crippen MR) is 151 cm³/mol. The van der Waals surface area contributed by atoms with E-state index in [2.05, 4.69) is 13.2 Å². The lowest BCUT2D eigenvalue weighted by molar-refractivity contribution is -0.151. The van der Waals surface area contributed by atoms with Crippen LogP contribution in [0.3, 0.4) is 0 Å². The number of carbonyl (C=O) groups excluding carboxylic acids is 3. The van der Waals surface area contributed by atoms with E-state index >= 15 is 0 Å². The van der Waals surface area contributed by atoms with Crippen molar-refractivity contribution in [1.29, 1.82) is 0 Å². The third kappa shape index (κ3) is 4.41. The monoisotopic (exact) mass is 557 g/mol. The number of rotatable bonds is 11. The minimum absolute atomic E-state index is 0.0440. The number of aryl methyl sites for hydroxylation is 1. The third-order valence-electron chi connectivity index (χ3n) is 8.85. The van der Waals surface area contributed by atoms with Crippen LogP contribution in [0.2, 0.25) is 5.02 Å². The largest absolute Gasteiger partial charge is 0.395 e. The second kappa shape index (κ2) is 11.1. The molecule has 0 aliphatic carbocycles. The van der Waals surface area contributed by atoms with Crippen molar-refractivity contribution in [1.82, 2.24) is 9.80 Å². The van der Waals surface area contributed by atoms with Gasteiger partial charge in [0, 0.05) is 26.2 Å². The molecule has 39 heavy (non-hydrogen) atoms. The van der Waals surface area contributed by atoms with Crippen molar-refractivity contribution in [3.8, 4) is 0 Å². The molecule has 1 spiro atoms. The van der Waals surface area contributed by atoms with E-state index in [1.54, 1.807) is 28.0 Å². The van der Waals surface area contributed by atoms with Gasteiger partial charge in [-0.3, -0.25) is 14.4 Å². The van der Waals surface area contributed by atoms with Crippen LogP contribution < -0.4 is 4.90 Å². The summed E-state index contributed by atoms with van der Waals surface area (Å²) in [5, 5.41) is 10.3. The maximum Gasteiger partial charge on any atom is 0.253 e. The average Bonchev–Trinajstić information content (AvgIpc) is 3.39. The maximum absolute atomic E-state index is 14.6. The fourth-order valence-electron chi connectivity index (χ4n) is 7.19. The van der Waals surface area contributed by atoms with Crippen LogP contribution in [-0.4, -0.2) is 82.7 Å². The number of aliphatic hydroxyl groups is 1. The molecule has 1 aromatic rings. The molecule has 9 heteroatoms. The lowest BCUT2D eigenvalue weighted by Gasteiger charge is -2.39. The predicted octanol–water partition coefficient (Wildman–Crippen LogP) is 3.60. The van der Waals surface area contributed by atoms with Crippen molar-refractivity contribution >= 4 is 35.0 Å². The van der Waals surface area contributed by atoms with Gasteiger partial charge in [-0.1, -0.05) is 49.7 Å². The first-order chi connectivity index (χ1) is 18.5. The molecule has 6 atom stereocenters. The van der Waals surface area contributed by atoms with Gasteiger partial charge in [0.1, 0.15) is 11.6 Å². The normalized spacial score (nSPS) is 30.8. The average molecular weight is 558 g/mol. The number of para-hydroxylation sites is 1. The molecule has 4 rings (SSSR count). The van der Waals surface area contributed by atoms with Crippen LogP contribution in [0.5, 0.6) is 0 Å². The summed E-state index contributed by atoms with van der Waals surface area (Å²) in [5.41, 5.74) is -0.787. The lowest BCUT2D eigenvalue weighted by Crippen LogP contribution is -2.57. The summed E-state index contributed by atoms with van der Waals surface area (Å²) in [5.74, 6) is -2.53. The van der Waals surface area contributed by atoms with Gasteiger partial charge >= 0.3 is 0 Å². The molecule has 3 unspecified atom stereocenters. The van der Waals surface area contributed by atoms with Crippen molar-refractivity contribution < 1.29 is 24.2 Å². The molecule has 0 aromatic heterocycles. The molecule has 1 N–H and O–H groups in total. The van der Waals surface area contributed by atoms with Crippen LogP contribution in [0.15, 0.2) is 43.5 Å². The van der Waals surface area contributed by atoms with E-state index in [1.807, 2.05) is 39.8 Å². The molecule has 3 heterocycles. The quantitative estimate of drug-likeness (QED) is 0.420. The summed E-state index contributed by atoms with van der Waals surface area (Å²) >= 11 is 6.59. The first-order valence-electron chi connectivity index (χ1n) is 13.7. The highest BCUT2D eigenvalue weighted by molar-refractivity contribution is 6.34. The van der Waals surface area contributed by atoms with Crippen LogP contribution in [0.25, 0.3) is 0 Å². The topological polar surface area (TPSA) is 90.4 Å². The second-order valence-corrected chi connectivity index (χ2v) is 11.6. The second-order valence-electron chi connectivity index (χ2n) is 11.2. The lowest BCUT2D eigenvalue weighted by atomic mass is 9.62. The minimum Gasteiger partial charge on any atom is -0.395 e. The van der Waals surface area contributed by atoms with Crippen molar-refractivity contribution in [3.63, 3.8) is 0 Å². The van der Waals surface area contributed by atoms with Gasteiger partial charge in [-0.05, 0) is 44.2 Å². The first kappa shape index (κ1) is 29.3. The van der Waals surface area contributed by atoms with Crippen LogP contribution in [0.1, 0.15) is 39.2 Å². The number of β-amino-alcohol motifs (C(OH)–C–C–N with tert-alkyl or cyclic N) is 1. The van der Waals surface area contributed by atoms with Crippen LogP contribution in [-0.2, 0) is 19.1 Å². The highest BCUT2D eigenvalue weighted by Crippen LogP contribution is 2.65. The number of hydrogen-bond donors (Lipinski definition) is 1. The van der Waals surface area contributed by atoms with Gasteiger partial charge in [-0.2, -0.15) is 0 Å². The summed E-state index contributed by atoms with van der Waals surface area (Å²) in [6, 6.07) is 4.37. The number of amides is 3. The number of anilines is 1. The maximum atomic E-state index is 14.6. The summed E-state index contributed by atoms with van der Waals surface area (Å²) in [4.78, 5) is 47.5. The van der Waals surface area contributed by atoms with Crippen LogP contribution in [0, 0.1) is 24.7 Å². The first-order valence-corrected chi connectivity index (χ1v) is 14.1. The fourth-order valence-corrected chi connectivity index (χ4v) is 7.51. The van der Waals surface area contributed by atoms with Gasteiger partial charge in [-0.25, -0.2) is 0 Å². The Morgan fingerprint density at radius 2 is 1.95 bits per heavy atom. The van der Waals surface area contributed by atoms with Crippen molar-refractivity contribution in [2.45, 2.75) is 57.8 Å². The SMILES string of the molecule is C=CCN(CCC)C(=O)[C@@H]1[C@H]2C(=O)N(CCO)C(C(=O)N(CC=C)c3c(C)cccc3Cl)C23CC(C)[C@@]1(C)O3. The zero-order valence-electron chi connectivity index (χ0n) is 23.4. The van der Waals surface area contributed by atoms with E-state index in [9.17, 15) is 19.5 Å². The number of carbonyl (C=O) groups is 3. The number of ether oxygens (including phenoxy) is 1. The molecular weight excluding hydrogens is 518 g/mol. The highest BCUT2D eigenvalue weighted by Gasteiger charge is 2.80. The summed E-state index contributed by atoms with van der Waals surface area (Å²) in [7, 11) is 0. The van der Waals surface area contributed by atoms with E-state index in [-0.39, 0.29) is 43.3 Å². The molecule has 3 aliphatic rings. The molecule has 0 saturated carbocycles. The number of nitrogens with zero attached hydrogens (tertiary/aromatic N) is 3. The Bertz CT molecular complexity index is 1150. The molecular formula is C30H40ClN3O5. The van der Waals surface area contributed by atoms with Gasteiger partial charge in [0.2, 0.25) is 11.8 Å². The zero-order valence-corrected chi connectivity index (χ0v) is 24.1.